The third-order valence-electron chi connectivity index (χ3n) is 15.6. The Bertz CT molecular complexity index is 4650. The monoisotopic (exact) mass is 965 g/mol. The van der Waals surface area contributed by atoms with Crippen LogP contribution < -0.4 is 0 Å². The Morgan fingerprint density at radius 3 is 1.14 bits per heavy atom. The number of hydrogen-bond acceptors (Lipinski definition) is 1. The molecule has 0 aliphatic rings. The Labute approximate surface area is 440 Å². The molecule has 2 heteroatoms. The Kier molecular flexibility index (Phi) is 10.2. The average molecular weight is 966 g/mol. The summed E-state index contributed by atoms with van der Waals surface area (Å²) in [7, 11) is 0. The highest BCUT2D eigenvalue weighted by Gasteiger charge is 2.22. The first-order chi connectivity index (χ1) is 37.7. The molecule has 2 heterocycles. The molecule has 0 saturated heterocycles. The minimum absolute atomic E-state index is 0.879. The molecule has 76 heavy (non-hydrogen) atoms. The van der Waals surface area contributed by atoms with Crippen molar-refractivity contribution in [3.63, 3.8) is 0 Å². The molecule has 2 aromatic heterocycles. The molecule has 0 bridgehead atoms. The molecule has 0 atom stereocenters. The van der Waals surface area contributed by atoms with Crippen LogP contribution in [0, 0.1) is 0 Å². The molecule has 15 rings (SSSR count). The van der Waals surface area contributed by atoms with E-state index in [1.807, 2.05) is 0 Å². The van der Waals surface area contributed by atoms with E-state index in [0.29, 0.717) is 0 Å². The molecule has 354 valence electrons. The van der Waals surface area contributed by atoms with E-state index in [2.05, 4.69) is 290 Å². The summed E-state index contributed by atoms with van der Waals surface area (Å²) in [6.07, 6.45) is 0. The Balaban J connectivity index is 0.858. The van der Waals surface area contributed by atoms with Gasteiger partial charge in [-0.15, -0.1) is 0 Å². The summed E-state index contributed by atoms with van der Waals surface area (Å²) in [5, 5.41) is 9.64. The Morgan fingerprint density at radius 2 is 0.592 bits per heavy atom. The molecule has 13 aromatic carbocycles. The molecule has 0 radical (unpaired) electrons. The van der Waals surface area contributed by atoms with E-state index in [-0.39, 0.29) is 0 Å². The second kappa shape index (κ2) is 17.9. The highest BCUT2D eigenvalue weighted by atomic mass is 16.3. The molecule has 0 spiro atoms. The van der Waals surface area contributed by atoms with Gasteiger partial charge in [-0.3, -0.25) is 0 Å². The fourth-order valence-electron chi connectivity index (χ4n) is 12.1. The first-order valence-corrected chi connectivity index (χ1v) is 26.1. The highest BCUT2D eigenvalue weighted by molar-refractivity contribution is 6.22. The van der Waals surface area contributed by atoms with Crippen LogP contribution in [0.4, 0.5) is 0 Å². The lowest BCUT2D eigenvalue weighted by Gasteiger charge is -2.18. The van der Waals surface area contributed by atoms with Gasteiger partial charge in [0, 0.05) is 38.4 Å². The van der Waals surface area contributed by atoms with Crippen LogP contribution in [-0.2, 0) is 0 Å². The van der Waals surface area contributed by atoms with Gasteiger partial charge in [0.25, 0.3) is 0 Å². The molecule has 0 fully saturated rings. The van der Waals surface area contributed by atoms with Gasteiger partial charge < -0.3 is 8.98 Å². The first kappa shape index (κ1) is 43.6. The van der Waals surface area contributed by atoms with Crippen molar-refractivity contribution >= 4 is 65.3 Å². The van der Waals surface area contributed by atoms with Crippen molar-refractivity contribution in [1.29, 1.82) is 0 Å². The van der Waals surface area contributed by atoms with Gasteiger partial charge in [-0.25, -0.2) is 0 Å². The number of fused-ring (bicyclic) bond motifs is 8. The van der Waals surface area contributed by atoms with Crippen LogP contribution in [0.3, 0.4) is 0 Å². The second-order valence-electron chi connectivity index (χ2n) is 19.9. The zero-order valence-corrected chi connectivity index (χ0v) is 41.5. The standard InChI is InChI=1S/C74H47NO/c1-5-20-48(21-6-1)56-44-64(50-24-9-3-10-25-50)73-67(46-56)68-47-57(49-22-7-2-8-23-49)45-65(74(68)76-73)55-29-19-28-53(42-55)54-38-41-70-66(43-54)59-30-17-18-35-69(59)75(70)58-39-36-52(37-40-58)72-62-33-15-13-31-60(62)71(51-26-11-4-12-27-51)61-32-14-16-34-63(61)72/h1-47H. The van der Waals surface area contributed by atoms with Crippen LogP contribution in [0.1, 0.15) is 0 Å². The maximum atomic E-state index is 7.19. The molecule has 0 aliphatic heterocycles. The molecule has 0 N–H and O–H groups in total. The number of nitrogens with zero attached hydrogens (tertiary/aromatic N) is 1. The second-order valence-corrected chi connectivity index (χ2v) is 19.9. The topological polar surface area (TPSA) is 18.1 Å². The fraction of sp³-hybridized carbons (Fsp3) is 0. The third kappa shape index (κ3) is 7.18. The summed E-state index contributed by atoms with van der Waals surface area (Å²) in [4.78, 5) is 0. The van der Waals surface area contributed by atoms with Crippen molar-refractivity contribution in [2.45, 2.75) is 0 Å². The van der Waals surface area contributed by atoms with Crippen LogP contribution in [0.5, 0.6) is 0 Å². The lowest BCUT2D eigenvalue weighted by Crippen LogP contribution is -1.94. The summed E-state index contributed by atoms with van der Waals surface area (Å²) in [6.45, 7) is 0. The van der Waals surface area contributed by atoms with Gasteiger partial charge in [-0.05, 0) is 149 Å². The summed E-state index contributed by atoms with van der Waals surface area (Å²) >= 11 is 0. The number of rotatable bonds is 8. The third-order valence-corrected chi connectivity index (χ3v) is 15.6. The number of hydrogen-bond donors (Lipinski definition) is 0. The molecular formula is C74H47NO. The molecule has 0 amide bonds. The highest BCUT2D eigenvalue weighted by Crippen LogP contribution is 2.47. The van der Waals surface area contributed by atoms with Crippen molar-refractivity contribution in [3.8, 4) is 83.6 Å². The van der Waals surface area contributed by atoms with Crippen molar-refractivity contribution < 1.29 is 4.42 Å². The number of para-hydroxylation sites is 1. The summed E-state index contributed by atoms with van der Waals surface area (Å²) in [5.41, 5.74) is 21.5. The number of furan rings is 1. The van der Waals surface area contributed by atoms with E-state index in [1.54, 1.807) is 0 Å². The predicted octanol–water partition coefficient (Wildman–Crippen LogP) is 20.7. The van der Waals surface area contributed by atoms with E-state index in [0.717, 1.165) is 77.7 Å². The predicted molar refractivity (Wildman–Crippen MR) is 321 cm³/mol. The molecular weight excluding hydrogens is 919 g/mol. The minimum Gasteiger partial charge on any atom is -0.455 e. The SMILES string of the molecule is c1ccc(-c2cc(-c3ccccc3)c3oc4c(-c5cccc(-c6ccc7c(c6)c6ccccc6n7-c6ccc(-c7c8ccccc8c(-c8ccccc8)c8ccccc78)cc6)c5)cc(-c5ccccc5)cc4c3c2)cc1. The van der Waals surface area contributed by atoms with Crippen LogP contribution in [0.15, 0.2) is 290 Å². The van der Waals surface area contributed by atoms with Gasteiger partial charge in [-0.2, -0.15) is 0 Å². The summed E-state index contributed by atoms with van der Waals surface area (Å²) in [5.74, 6) is 0. The maximum absolute atomic E-state index is 7.19. The molecule has 15 aromatic rings. The zero-order chi connectivity index (χ0) is 50.1. The molecule has 2 nitrogen and oxygen atoms in total. The van der Waals surface area contributed by atoms with Crippen LogP contribution in [0.2, 0.25) is 0 Å². The maximum Gasteiger partial charge on any atom is 0.143 e. The van der Waals surface area contributed by atoms with E-state index >= 15 is 0 Å². The zero-order valence-electron chi connectivity index (χ0n) is 41.5. The van der Waals surface area contributed by atoms with Gasteiger partial charge >= 0.3 is 0 Å². The van der Waals surface area contributed by atoms with Crippen LogP contribution in [-0.4, -0.2) is 4.57 Å². The molecule has 0 saturated carbocycles. The molecule has 0 aliphatic carbocycles. The van der Waals surface area contributed by atoms with Gasteiger partial charge in [0.05, 0.1) is 11.0 Å². The van der Waals surface area contributed by atoms with Gasteiger partial charge in [0.2, 0.25) is 0 Å². The smallest absolute Gasteiger partial charge is 0.143 e. The summed E-state index contributed by atoms with van der Waals surface area (Å²) in [6, 6.07) is 104. The minimum atomic E-state index is 0.879. The van der Waals surface area contributed by atoms with E-state index < -0.39 is 0 Å². The van der Waals surface area contributed by atoms with Gasteiger partial charge in [0.1, 0.15) is 11.2 Å². The Hall–Kier alpha value is -10.0. The average Bonchev–Trinajstić information content (AvgIpc) is 4.10. The first-order valence-electron chi connectivity index (χ1n) is 26.1. The normalized spacial score (nSPS) is 11.7. The van der Waals surface area contributed by atoms with Crippen molar-refractivity contribution in [2.24, 2.45) is 0 Å². The largest absolute Gasteiger partial charge is 0.455 e. The summed E-state index contributed by atoms with van der Waals surface area (Å²) < 4.78 is 9.61. The quantitative estimate of drug-likeness (QED) is 0.139. The lowest BCUT2D eigenvalue weighted by molar-refractivity contribution is 0.671. The van der Waals surface area contributed by atoms with Gasteiger partial charge in [0.15, 0.2) is 0 Å². The molecule has 0 unspecified atom stereocenters. The van der Waals surface area contributed by atoms with Crippen molar-refractivity contribution in [2.75, 3.05) is 0 Å². The van der Waals surface area contributed by atoms with Crippen molar-refractivity contribution in [1.82, 2.24) is 4.57 Å². The fourth-order valence-corrected chi connectivity index (χ4v) is 12.1. The van der Waals surface area contributed by atoms with Crippen LogP contribution >= 0.6 is 0 Å². The van der Waals surface area contributed by atoms with E-state index in [1.165, 1.54) is 71.2 Å². The Morgan fingerprint density at radius 1 is 0.211 bits per heavy atom. The van der Waals surface area contributed by atoms with Crippen molar-refractivity contribution in [3.05, 3.63) is 285 Å². The van der Waals surface area contributed by atoms with Crippen LogP contribution in [0.25, 0.3) is 149 Å². The van der Waals surface area contributed by atoms with Gasteiger partial charge in [-0.1, -0.05) is 224 Å². The van der Waals surface area contributed by atoms with E-state index in [9.17, 15) is 0 Å². The van der Waals surface area contributed by atoms with E-state index in [4.69, 9.17) is 4.42 Å². The number of aromatic nitrogens is 1. The lowest BCUT2D eigenvalue weighted by atomic mass is 9.86. The number of benzene rings is 13.